The molecule has 1 rings (SSSR count). The van der Waals surface area contributed by atoms with Gasteiger partial charge < -0.3 is 14.6 Å². The van der Waals surface area contributed by atoms with E-state index in [1.165, 1.54) is 20.8 Å². The van der Waals surface area contributed by atoms with Crippen molar-refractivity contribution >= 4 is 0 Å². The zero-order valence-electron chi connectivity index (χ0n) is 8.18. The highest BCUT2D eigenvalue weighted by atomic mass is 19.4. The highest BCUT2D eigenvalue weighted by Gasteiger charge is 2.61. The van der Waals surface area contributed by atoms with Gasteiger partial charge in [0, 0.05) is 0 Å². The average molecular weight is 214 g/mol. The molecule has 1 aliphatic rings. The minimum atomic E-state index is -4.75. The Balaban J connectivity index is 2.85. The first kappa shape index (κ1) is 11.7. The van der Waals surface area contributed by atoms with Crippen LogP contribution in [-0.4, -0.2) is 35.4 Å². The summed E-state index contributed by atoms with van der Waals surface area (Å²) in [5.74, 6) is -1.09. The normalized spacial score (nSPS) is 38.4. The minimum Gasteiger partial charge on any atom is -0.377 e. The van der Waals surface area contributed by atoms with Crippen molar-refractivity contribution in [1.29, 1.82) is 0 Å². The van der Waals surface area contributed by atoms with Gasteiger partial charge in [-0.15, -0.1) is 0 Å². The van der Waals surface area contributed by atoms with E-state index >= 15 is 0 Å². The smallest absolute Gasteiger partial charge is 0.377 e. The van der Waals surface area contributed by atoms with Gasteiger partial charge in [0.15, 0.2) is 5.79 Å². The van der Waals surface area contributed by atoms with Crippen LogP contribution < -0.4 is 0 Å². The van der Waals surface area contributed by atoms with Gasteiger partial charge in [-0.05, 0) is 20.8 Å². The third-order valence-electron chi connectivity index (χ3n) is 2.26. The zero-order valence-corrected chi connectivity index (χ0v) is 8.18. The molecular weight excluding hydrogens is 201 g/mol. The van der Waals surface area contributed by atoms with Gasteiger partial charge in [0.25, 0.3) is 0 Å². The highest BCUT2D eigenvalue weighted by molar-refractivity contribution is 4.95. The molecule has 1 saturated heterocycles. The van der Waals surface area contributed by atoms with Gasteiger partial charge in [-0.3, -0.25) is 0 Å². The molecule has 0 spiro atoms. The van der Waals surface area contributed by atoms with Crippen LogP contribution in [0.25, 0.3) is 0 Å². The Kier molecular flexibility index (Phi) is 2.58. The predicted octanol–water partition coefficient (Wildman–Crippen LogP) is 1.45. The number of hydrogen-bond donors (Lipinski definition) is 1. The maximum atomic E-state index is 12.4. The van der Waals surface area contributed by atoms with Crippen molar-refractivity contribution in [1.82, 2.24) is 0 Å². The molecule has 14 heavy (non-hydrogen) atoms. The third-order valence-corrected chi connectivity index (χ3v) is 2.26. The lowest BCUT2D eigenvalue weighted by molar-refractivity contribution is -0.390. The molecule has 1 heterocycles. The molecule has 0 saturated carbocycles. The summed E-state index contributed by atoms with van der Waals surface area (Å²) in [6, 6.07) is 0. The number of aliphatic hydroxyl groups is 1. The van der Waals surface area contributed by atoms with Gasteiger partial charge >= 0.3 is 6.18 Å². The van der Waals surface area contributed by atoms with Gasteiger partial charge in [-0.1, -0.05) is 0 Å². The standard InChI is InChI=1S/C8H13F3O3/c1-5-7(12,8(9,10)11)4-13-6(2,3)14-5/h5,12H,4H2,1-3H3/t5-,7-/m1/s1. The second kappa shape index (κ2) is 3.08. The Morgan fingerprint density at radius 1 is 1.36 bits per heavy atom. The highest BCUT2D eigenvalue weighted by Crippen LogP contribution is 2.40. The number of ether oxygens (including phenoxy) is 2. The number of alkyl halides is 3. The van der Waals surface area contributed by atoms with Gasteiger partial charge in [0.1, 0.15) is 0 Å². The summed E-state index contributed by atoms with van der Waals surface area (Å²) < 4.78 is 47.0. The molecule has 1 fully saturated rings. The van der Waals surface area contributed by atoms with E-state index in [4.69, 9.17) is 9.47 Å². The summed E-state index contributed by atoms with van der Waals surface area (Å²) in [5, 5.41) is 9.33. The van der Waals surface area contributed by atoms with Crippen LogP contribution in [0.3, 0.4) is 0 Å². The van der Waals surface area contributed by atoms with E-state index < -0.39 is 30.3 Å². The summed E-state index contributed by atoms with van der Waals surface area (Å²) >= 11 is 0. The van der Waals surface area contributed by atoms with E-state index in [2.05, 4.69) is 0 Å². The molecule has 0 amide bonds. The fraction of sp³-hybridized carbons (Fsp3) is 1.00. The Bertz CT molecular complexity index is 226. The minimum absolute atomic E-state index is 0.801. The van der Waals surface area contributed by atoms with Crippen LogP contribution in [0.5, 0.6) is 0 Å². The molecule has 0 aromatic rings. The lowest BCUT2D eigenvalue weighted by Crippen LogP contribution is -2.63. The van der Waals surface area contributed by atoms with Crippen molar-refractivity contribution in [3.05, 3.63) is 0 Å². The molecule has 0 unspecified atom stereocenters. The summed E-state index contributed by atoms with van der Waals surface area (Å²) in [6.45, 7) is 3.38. The van der Waals surface area contributed by atoms with Crippen molar-refractivity contribution in [2.24, 2.45) is 0 Å². The average Bonchev–Trinajstić information content (AvgIpc) is 1.94. The second-order valence-corrected chi connectivity index (χ2v) is 3.87. The van der Waals surface area contributed by atoms with E-state index in [1.54, 1.807) is 0 Å². The number of hydrogen-bond acceptors (Lipinski definition) is 3. The summed E-state index contributed by atoms with van der Waals surface area (Å²) in [7, 11) is 0. The summed E-state index contributed by atoms with van der Waals surface area (Å²) in [6.07, 6.45) is -6.09. The van der Waals surface area contributed by atoms with Crippen LogP contribution in [0.4, 0.5) is 13.2 Å². The number of rotatable bonds is 0. The topological polar surface area (TPSA) is 38.7 Å². The van der Waals surface area contributed by atoms with E-state index in [-0.39, 0.29) is 0 Å². The van der Waals surface area contributed by atoms with E-state index in [9.17, 15) is 18.3 Å². The van der Waals surface area contributed by atoms with Gasteiger partial charge in [-0.25, -0.2) is 0 Å². The van der Waals surface area contributed by atoms with Gasteiger partial charge in [-0.2, -0.15) is 13.2 Å². The Hall–Kier alpha value is -0.330. The molecule has 1 N–H and O–H groups in total. The van der Waals surface area contributed by atoms with Crippen LogP contribution in [0.1, 0.15) is 20.8 Å². The Morgan fingerprint density at radius 2 is 1.86 bits per heavy atom. The lowest BCUT2D eigenvalue weighted by Gasteiger charge is -2.45. The zero-order chi connectivity index (χ0) is 11.2. The Morgan fingerprint density at radius 3 is 2.21 bits per heavy atom. The molecule has 0 bridgehead atoms. The fourth-order valence-electron chi connectivity index (χ4n) is 1.27. The fourth-order valence-corrected chi connectivity index (χ4v) is 1.27. The van der Waals surface area contributed by atoms with E-state index in [0.29, 0.717) is 0 Å². The Labute approximate surface area is 79.8 Å². The van der Waals surface area contributed by atoms with E-state index in [1.807, 2.05) is 0 Å². The van der Waals surface area contributed by atoms with Crippen LogP contribution in [0.15, 0.2) is 0 Å². The SMILES string of the molecule is C[C@H]1OC(C)(C)OC[C@]1(O)C(F)(F)F. The van der Waals surface area contributed by atoms with Gasteiger partial charge in [0.2, 0.25) is 5.60 Å². The number of halogens is 3. The molecule has 0 aromatic carbocycles. The molecule has 0 aliphatic carbocycles. The van der Waals surface area contributed by atoms with Crippen LogP contribution in [0.2, 0.25) is 0 Å². The summed E-state index contributed by atoms with van der Waals surface area (Å²) in [5.41, 5.74) is -2.91. The van der Waals surface area contributed by atoms with Crippen LogP contribution >= 0.6 is 0 Å². The predicted molar refractivity (Wildman–Crippen MR) is 41.6 cm³/mol. The largest absolute Gasteiger partial charge is 0.422 e. The molecule has 0 aromatic heterocycles. The lowest BCUT2D eigenvalue weighted by atomic mass is 9.96. The first-order valence-corrected chi connectivity index (χ1v) is 4.19. The van der Waals surface area contributed by atoms with Crippen molar-refractivity contribution < 1.29 is 27.8 Å². The molecular formula is C8H13F3O3. The van der Waals surface area contributed by atoms with E-state index in [0.717, 1.165) is 0 Å². The summed E-state index contributed by atoms with van der Waals surface area (Å²) in [4.78, 5) is 0. The first-order valence-electron chi connectivity index (χ1n) is 4.19. The van der Waals surface area contributed by atoms with Crippen molar-refractivity contribution in [2.45, 2.75) is 44.4 Å². The maximum Gasteiger partial charge on any atom is 0.422 e. The molecule has 84 valence electrons. The monoisotopic (exact) mass is 214 g/mol. The molecule has 3 nitrogen and oxygen atoms in total. The second-order valence-electron chi connectivity index (χ2n) is 3.87. The maximum absolute atomic E-state index is 12.4. The first-order chi connectivity index (χ1) is 6.08. The quantitative estimate of drug-likeness (QED) is 0.663. The van der Waals surface area contributed by atoms with Crippen molar-refractivity contribution in [2.75, 3.05) is 6.61 Å². The van der Waals surface area contributed by atoms with Gasteiger partial charge in [0.05, 0.1) is 12.7 Å². The van der Waals surface area contributed by atoms with Crippen LogP contribution in [0, 0.1) is 0 Å². The van der Waals surface area contributed by atoms with Crippen LogP contribution in [-0.2, 0) is 9.47 Å². The van der Waals surface area contributed by atoms with Crippen molar-refractivity contribution in [3.63, 3.8) is 0 Å². The van der Waals surface area contributed by atoms with Crippen molar-refractivity contribution in [3.8, 4) is 0 Å². The molecule has 1 aliphatic heterocycles. The molecule has 2 atom stereocenters. The third kappa shape index (κ3) is 1.87. The molecule has 0 radical (unpaired) electrons. The molecule has 6 heteroatoms.